The maximum Gasteiger partial charge on any atom is 0.339 e. The number of pyridine rings is 1. The number of carbonyl (C=O) groups is 1. The summed E-state index contributed by atoms with van der Waals surface area (Å²) in [6, 6.07) is 10.0. The smallest absolute Gasteiger partial charge is 0.339 e. The molecule has 1 N–H and O–H groups in total. The topological polar surface area (TPSA) is 53.4 Å². The van der Waals surface area contributed by atoms with Gasteiger partial charge in [0.05, 0.1) is 0 Å². The maximum absolute atomic E-state index is 11.5. The molecule has 0 bridgehead atoms. The van der Waals surface area contributed by atoms with E-state index in [0.29, 0.717) is 17.9 Å². The number of rotatable bonds is 2. The molecule has 2 heterocycles. The predicted molar refractivity (Wildman–Crippen MR) is 77.1 cm³/mol. The second kappa shape index (κ2) is 4.96. The van der Waals surface area contributed by atoms with E-state index in [2.05, 4.69) is 22.0 Å². The summed E-state index contributed by atoms with van der Waals surface area (Å²) in [6.07, 6.45) is 2.60. The Labute approximate surface area is 117 Å². The summed E-state index contributed by atoms with van der Waals surface area (Å²) in [5, 5.41) is 9.41. The van der Waals surface area contributed by atoms with E-state index in [-0.39, 0.29) is 0 Å². The lowest BCUT2D eigenvalue weighted by Crippen LogP contribution is -2.32. The van der Waals surface area contributed by atoms with Gasteiger partial charge in [-0.2, -0.15) is 0 Å². The summed E-state index contributed by atoms with van der Waals surface area (Å²) in [5.74, 6) is -0.337. The summed E-state index contributed by atoms with van der Waals surface area (Å²) in [6.45, 7) is 3.33. The number of hydrogen-bond acceptors (Lipinski definition) is 3. The summed E-state index contributed by atoms with van der Waals surface area (Å²) in [5.41, 5.74) is 3.65. The van der Waals surface area contributed by atoms with Gasteiger partial charge in [-0.1, -0.05) is 24.3 Å². The Kier molecular flexibility index (Phi) is 3.14. The van der Waals surface area contributed by atoms with Crippen molar-refractivity contribution in [2.75, 3.05) is 11.4 Å². The molecule has 102 valence electrons. The van der Waals surface area contributed by atoms with Gasteiger partial charge in [-0.3, -0.25) is 0 Å². The average molecular weight is 268 g/mol. The van der Waals surface area contributed by atoms with Crippen LogP contribution in [0, 0.1) is 6.92 Å². The number of carboxylic acid groups (broad SMARTS) is 1. The highest BCUT2D eigenvalue weighted by molar-refractivity contribution is 5.95. The normalized spacial score (nSPS) is 13.9. The zero-order valence-electron chi connectivity index (χ0n) is 11.3. The molecule has 3 rings (SSSR count). The third-order valence-corrected chi connectivity index (χ3v) is 3.78. The Balaban J connectivity index is 2.00. The molecule has 0 saturated heterocycles. The van der Waals surface area contributed by atoms with Crippen LogP contribution in [0.2, 0.25) is 0 Å². The molecule has 1 aliphatic heterocycles. The second-order valence-electron chi connectivity index (χ2n) is 5.07. The van der Waals surface area contributed by atoms with Crippen molar-refractivity contribution >= 4 is 11.8 Å². The first-order valence-electron chi connectivity index (χ1n) is 6.67. The van der Waals surface area contributed by atoms with Gasteiger partial charge in [0, 0.05) is 19.3 Å². The van der Waals surface area contributed by atoms with E-state index in [9.17, 15) is 9.90 Å². The molecule has 1 aromatic carbocycles. The van der Waals surface area contributed by atoms with Crippen LogP contribution in [0.15, 0.2) is 36.5 Å². The number of aromatic carboxylic acids is 1. The molecule has 0 atom stereocenters. The number of aromatic nitrogens is 1. The van der Waals surface area contributed by atoms with Crippen molar-refractivity contribution in [1.29, 1.82) is 0 Å². The molecule has 0 fully saturated rings. The maximum atomic E-state index is 11.5. The minimum atomic E-state index is -0.913. The summed E-state index contributed by atoms with van der Waals surface area (Å²) in [7, 11) is 0. The molecule has 4 heteroatoms. The number of fused-ring (bicyclic) bond motifs is 1. The van der Waals surface area contributed by atoms with Crippen LogP contribution in [0.25, 0.3) is 0 Å². The van der Waals surface area contributed by atoms with Gasteiger partial charge in [-0.05, 0) is 36.1 Å². The lowest BCUT2D eigenvalue weighted by molar-refractivity contribution is 0.0696. The molecule has 0 spiro atoms. The molecule has 0 unspecified atom stereocenters. The fraction of sp³-hybridized carbons (Fsp3) is 0.250. The second-order valence-corrected chi connectivity index (χ2v) is 5.07. The number of nitrogens with zero attached hydrogens (tertiary/aromatic N) is 2. The van der Waals surface area contributed by atoms with Crippen LogP contribution >= 0.6 is 0 Å². The summed E-state index contributed by atoms with van der Waals surface area (Å²) < 4.78 is 0. The van der Waals surface area contributed by atoms with E-state index in [4.69, 9.17) is 0 Å². The highest BCUT2D eigenvalue weighted by Gasteiger charge is 2.23. The first-order chi connectivity index (χ1) is 9.66. The lowest BCUT2D eigenvalue weighted by atomic mass is 9.99. The van der Waals surface area contributed by atoms with Gasteiger partial charge in [-0.25, -0.2) is 9.78 Å². The number of aryl methyl sites for hydroxylation is 1. The predicted octanol–water partition coefficient (Wildman–Crippen LogP) is 2.65. The van der Waals surface area contributed by atoms with Crippen LogP contribution in [-0.4, -0.2) is 22.6 Å². The summed E-state index contributed by atoms with van der Waals surface area (Å²) >= 11 is 0. The van der Waals surface area contributed by atoms with E-state index in [1.54, 1.807) is 12.3 Å². The van der Waals surface area contributed by atoms with Crippen LogP contribution in [0.1, 0.15) is 27.0 Å². The van der Waals surface area contributed by atoms with Crippen molar-refractivity contribution < 1.29 is 9.90 Å². The van der Waals surface area contributed by atoms with E-state index in [1.165, 1.54) is 11.1 Å². The SMILES string of the molecule is Cc1ccnc(N2CCc3ccccc3C2)c1C(=O)O. The largest absolute Gasteiger partial charge is 0.478 e. The Morgan fingerprint density at radius 1 is 1.25 bits per heavy atom. The molecule has 1 aromatic heterocycles. The van der Waals surface area contributed by atoms with Crippen LogP contribution in [0.3, 0.4) is 0 Å². The van der Waals surface area contributed by atoms with Crippen molar-refractivity contribution in [3.63, 3.8) is 0 Å². The molecule has 0 radical (unpaired) electrons. The van der Waals surface area contributed by atoms with Crippen molar-refractivity contribution in [2.45, 2.75) is 19.9 Å². The van der Waals surface area contributed by atoms with Gasteiger partial charge in [0.25, 0.3) is 0 Å². The minimum Gasteiger partial charge on any atom is -0.478 e. The van der Waals surface area contributed by atoms with E-state index in [0.717, 1.165) is 18.5 Å². The van der Waals surface area contributed by atoms with Crippen molar-refractivity contribution in [3.8, 4) is 0 Å². The van der Waals surface area contributed by atoms with E-state index >= 15 is 0 Å². The highest BCUT2D eigenvalue weighted by Crippen LogP contribution is 2.27. The van der Waals surface area contributed by atoms with Gasteiger partial charge >= 0.3 is 5.97 Å². The lowest BCUT2D eigenvalue weighted by Gasteiger charge is -2.30. The molecule has 1 aliphatic rings. The van der Waals surface area contributed by atoms with Crippen LogP contribution in [-0.2, 0) is 13.0 Å². The van der Waals surface area contributed by atoms with Gasteiger partial charge < -0.3 is 10.0 Å². The first kappa shape index (κ1) is 12.7. The average Bonchev–Trinajstić information content (AvgIpc) is 2.46. The standard InChI is InChI=1S/C16H16N2O2/c1-11-6-8-17-15(14(11)16(19)20)18-9-7-12-4-2-3-5-13(12)10-18/h2-6,8H,7,9-10H2,1H3,(H,19,20). The fourth-order valence-corrected chi connectivity index (χ4v) is 2.72. The monoisotopic (exact) mass is 268 g/mol. The van der Waals surface area contributed by atoms with Gasteiger partial charge in [0.2, 0.25) is 0 Å². The van der Waals surface area contributed by atoms with Crippen molar-refractivity contribution in [1.82, 2.24) is 4.98 Å². The van der Waals surface area contributed by atoms with Gasteiger partial charge in [0.15, 0.2) is 0 Å². The van der Waals surface area contributed by atoms with E-state index < -0.39 is 5.97 Å². The van der Waals surface area contributed by atoms with Crippen molar-refractivity contribution in [3.05, 3.63) is 58.8 Å². The fourth-order valence-electron chi connectivity index (χ4n) is 2.72. The van der Waals surface area contributed by atoms with Gasteiger partial charge in [0.1, 0.15) is 11.4 Å². The molecule has 20 heavy (non-hydrogen) atoms. The molecule has 2 aromatic rings. The van der Waals surface area contributed by atoms with Crippen LogP contribution in [0.4, 0.5) is 5.82 Å². The summed E-state index contributed by atoms with van der Waals surface area (Å²) in [4.78, 5) is 17.8. The Morgan fingerprint density at radius 2 is 2.00 bits per heavy atom. The molecular weight excluding hydrogens is 252 g/mol. The van der Waals surface area contributed by atoms with Crippen LogP contribution < -0.4 is 4.90 Å². The molecule has 0 saturated carbocycles. The minimum absolute atomic E-state index is 0.312. The first-order valence-corrected chi connectivity index (χ1v) is 6.67. The van der Waals surface area contributed by atoms with E-state index in [1.807, 2.05) is 19.1 Å². The molecule has 4 nitrogen and oxygen atoms in total. The third-order valence-electron chi connectivity index (χ3n) is 3.78. The zero-order chi connectivity index (χ0) is 14.1. The number of benzene rings is 1. The molecule has 0 aliphatic carbocycles. The zero-order valence-corrected chi connectivity index (χ0v) is 11.3. The number of hydrogen-bond donors (Lipinski definition) is 1. The highest BCUT2D eigenvalue weighted by atomic mass is 16.4. The number of carboxylic acids is 1. The molecule has 0 amide bonds. The Morgan fingerprint density at radius 3 is 2.75 bits per heavy atom. The van der Waals surface area contributed by atoms with Crippen molar-refractivity contribution in [2.24, 2.45) is 0 Å². The molecular formula is C16H16N2O2. The Bertz CT molecular complexity index is 667. The quantitative estimate of drug-likeness (QED) is 0.909. The van der Waals surface area contributed by atoms with Crippen LogP contribution in [0.5, 0.6) is 0 Å². The van der Waals surface area contributed by atoms with Gasteiger partial charge in [-0.15, -0.1) is 0 Å². The number of anilines is 1. The third kappa shape index (κ3) is 2.13. The Hall–Kier alpha value is -2.36.